The van der Waals surface area contributed by atoms with Crippen LogP contribution in [0.15, 0.2) is 24.3 Å². The van der Waals surface area contributed by atoms with Gasteiger partial charge in [0.05, 0.1) is 12.4 Å². The van der Waals surface area contributed by atoms with Crippen molar-refractivity contribution in [2.45, 2.75) is 18.6 Å². The molecule has 0 atom stereocenters. The lowest BCUT2D eigenvalue weighted by molar-refractivity contribution is -0.133. The summed E-state index contributed by atoms with van der Waals surface area (Å²) in [5.41, 5.74) is 1.70. The Balaban J connectivity index is 1.73. The third kappa shape index (κ3) is 6.64. The molecule has 0 unspecified atom stereocenters. The van der Waals surface area contributed by atoms with E-state index < -0.39 is 5.97 Å². The van der Waals surface area contributed by atoms with Crippen LogP contribution in [-0.2, 0) is 20.1 Å². The van der Waals surface area contributed by atoms with Crippen LogP contribution in [0.3, 0.4) is 0 Å². The van der Waals surface area contributed by atoms with E-state index in [-0.39, 0.29) is 18.3 Å². The summed E-state index contributed by atoms with van der Waals surface area (Å²) in [7, 11) is 0. The zero-order chi connectivity index (χ0) is 15.1. The van der Waals surface area contributed by atoms with Crippen molar-refractivity contribution < 1.29 is 19.4 Å². The number of carbonyl (C=O) groups excluding carboxylic acids is 1. The highest BCUT2D eigenvalue weighted by atomic mass is 32.2. The van der Waals surface area contributed by atoms with Gasteiger partial charge in [0, 0.05) is 11.4 Å². The molecule has 0 saturated heterocycles. The molecular weight excluding hydrogens is 290 g/mol. The fourth-order valence-electron chi connectivity index (χ4n) is 1.79. The molecule has 1 amide bonds. The van der Waals surface area contributed by atoms with Gasteiger partial charge in [-0.05, 0) is 36.5 Å². The predicted molar refractivity (Wildman–Crippen MR) is 82.4 cm³/mol. The van der Waals surface area contributed by atoms with E-state index in [1.807, 2.05) is 24.3 Å². The van der Waals surface area contributed by atoms with Gasteiger partial charge < -0.3 is 15.2 Å². The van der Waals surface area contributed by atoms with E-state index in [4.69, 9.17) is 9.84 Å². The van der Waals surface area contributed by atoms with Crippen molar-refractivity contribution in [3.05, 3.63) is 29.8 Å². The van der Waals surface area contributed by atoms with E-state index >= 15 is 0 Å². The lowest BCUT2D eigenvalue weighted by atomic mass is 10.2. The molecule has 5 nitrogen and oxygen atoms in total. The molecule has 1 aliphatic carbocycles. The van der Waals surface area contributed by atoms with Crippen molar-refractivity contribution in [3.63, 3.8) is 0 Å². The molecule has 1 aromatic carbocycles. The van der Waals surface area contributed by atoms with Crippen LogP contribution in [0.5, 0.6) is 0 Å². The molecule has 0 aromatic heterocycles. The minimum atomic E-state index is -0.822. The molecular formula is C15H19NO4S. The van der Waals surface area contributed by atoms with Crippen LogP contribution < -0.4 is 5.32 Å². The van der Waals surface area contributed by atoms with Crippen LogP contribution in [0.25, 0.3) is 0 Å². The highest BCUT2D eigenvalue weighted by Crippen LogP contribution is 2.28. The Kier molecular flexibility index (Phi) is 6.07. The zero-order valence-electron chi connectivity index (χ0n) is 11.7. The SMILES string of the molecule is O=C(O)CSCc1cccc(NC(=O)COCC2CC2)c1. The second-order valence-electron chi connectivity index (χ2n) is 5.09. The molecule has 21 heavy (non-hydrogen) atoms. The van der Waals surface area contributed by atoms with E-state index in [2.05, 4.69) is 5.32 Å². The molecule has 0 heterocycles. The van der Waals surface area contributed by atoms with E-state index in [0.29, 0.717) is 24.0 Å². The number of hydrogen-bond acceptors (Lipinski definition) is 4. The van der Waals surface area contributed by atoms with Crippen molar-refractivity contribution in [2.75, 3.05) is 24.3 Å². The molecule has 1 aromatic rings. The monoisotopic (exact) mass is 309 g/mol. The summed E-state index contributed by atoms with van der Waals surface area (Å²) in [5, 5.41) is 11.4. The van der Waals surface area contributed by atoms with E-state index in [1.165, 1.54) is 24.6 Å². The molecule has 0 radical (unpaired) electrons. The summed E-state index contributed by atoms with van der Waals surface area (Å²) >= 11 is 1.33. The minimum Gasteiger partial charge on any atom is -0.481 e. The Morgan fingerprint density at radius 1 is 1.38 bits per heavy atom. The van der Waals surface area contributed by atoms with E-state index in [9.17, 15) is 9.59 Å². The third-order valence-corrected chi connectivity index (χ3v) is 3.98. The van der Waals surface area contributed by atoms with Gasteiger partial charge in [0.25, 0.3) is 0 Å². The average molecular weight is 309 g/mol. The Morgan fingerprint density at radius 3 is 2.90 bits per heavy atom. The fraction of sp³-hybridized carbons (Fsp3) is 0.467. The Bertz CT molecular complexity index is 502. The summed E-state index contributed by atoms with van der Waals surface area (Å²) in [4.78, 5) is 22.2. The van der Waals surface area contributed by atoms with Gasteiger partial charge in [0.2, 0.25) is 5.91 Å². The van der Waals surface area contributed by atoms with E-state index in [1.54, 1.807) is 0 Å². The lowest BCUT2D eigenvalue weighted by Crippen LogP contribution is -2.19. The topological polar surface area (TPSA) is 75.6 Å². The standard InChI is InChI=1S/C15H19NO4S/c17-14(8-20-7-11-4-5-11)16-13-3-1-2-12(6-13)9-21-10-15(18)19/h1-3,6,11H,4-5,7-10H2,(H,16,17)(H,18,19). The Hall–Kier alpha value is -1.53. The van der Waals surface area contributed by atoms with Gasteiger partial charge in [0.1, 0.15) is 6.61 Å². The number of anilines is 1. The van der Waals surface area contributed by atoms with Gasteiger partial charge in [-0.2, -0.15) is 0 Å². The van der Waals surface area contributed by atoms with Crippen LogP contribution in [0.4, 0.5) is 5.69 Å². The third-order valence-electron chi connectivity index (χ3n) is 2.99. The Labute approximate surface area is 128 Å². The number of amides is 1. The van der Waals surface area contributed by atoms with Crippen LogP contribution in [0.2, 0.25) is 0 Å². The molecule has 6 heteroatoms. The molecule has 0 bridgehead atoms. The van der Waals surface area contributed by atoms with E-state index in [0.717, 1.165) is 5.56 Å². The molecule has 1 aliphatic rings. The number of carboxylic acid groups (broad SMARTS) is 1. The first kappa shape index (κ1) is 15.9. The molecule has 0 aliphatic heterocycles. The average Bonchev–Trinajstić information content (AvgIpc) is 3.23. The first-order valence-electron chi connectivity index (χ1n) is 6.89. The fourth-order valence-corrected chi connectivity index (χ4v) is 2.49. The summed E-state index contributed by atoms with van der Waals surface area (Å²) in [6.45, 7) is 0.744. The van der Waals surface area contributed by atoms with Gasteiger partial charge in [0.15, 0.2) is 0 Å². The lowest BCUT2D eigenvalue weighted by Gasteiger charge is -2.07. The Morgan fingerprint density at radius 2 is 2.19 bits per heavy atom. The maximum Gasteiger partial charge on any atom is 0.313 e. The number of thioether (sulfide) groups is 1. The van der Waals surface area contributed by atoms with Gasteiger partial charge in [-0.25, -0.2) is 0 Å². The van der Waals surface area contributed by atoms with Crippen LogP contribution in [0, 0.1) is 5.92 Å². The van der Waals surface area contributed by atoms with Crippen LogP contribution >= 0.6 is 11.8 Å². The zero-order valence-corrected chi connectivity index (χ0v) is 12.5. The minimum absolute atomic E-state index is 0.0750. The van der Waals surface area contributed by atoms with Crippen LogP contribution in [-0.4, -0.2) is 35.9 Å². The quantitative estimate of drug-likeness (QED) is 0.732. The molecule has 2 N–H and O–H groups in total. The summed E-state index contributed by atoms with van der Waals surface area (Å²) in [6.07, 6.45) is 2.41. The number of nitrogens with one attached hydrogen (secondary N) is 1. The van der Waals surface area contributed by atoms with Crippen LogP contribution in [0.1, 0.15) is 18.4 Å². The highest BCUT2D eigenvalue weighted by molar-refractivity contribution is 7.99. The number of benzene rings is 1. The number of rotatable bonds is 9. The summed E-state index contributed by atoms with van der Waals surface area (Å²) in [6, 6.07) is 7.42. The molecule has 114 valence electrons. The highest BCUT2D eigenvalue weighted by Gasteiger charge is 2.21. The van der Waals surface area contributed by atoms with Crippen molar-refractivity contribution in [2.24, 2.45) is 5.92 Å². The van der Waals surface area contributed by atoms with Crippen molar-refractivity contribution in [1.29, 1.82) is 0 Å². The normalized spacial score (nSPS) is 13.9. The molecule has 2 rings (SSSR count). The predicted octanol–water partition coefficient (Wildman–Crippen LogP) is 2.37. The smallest absolute Gasteiger partial charge is 0.313 e. The first-order valence-corrected chi connectivity index (χ1v) is 8.05. The van der Waals surface area contributed by atoms with Gasteiger partial charge in [-0.3, -0.25) is 9.59 Å². The number of carbonyl (C=O) groups is 2. The first-order chi connectivity index (χ1) is 10.1. The maximum absolute atomic E-state index is 11.7. The largest absolute Gasteiger partial charge is 0.481 e. The second kappa shape index (κ2) is 8.05. The number of hydrogen-bond donors (Lipinski definition) is 2. The summed E-state index contributed by atoms with van der Waals surface area (Å²) < 4.78 is 5.33. The van der Waals surface area contributed by atoms with Gasteiger partial charge >= 0.3 is 5.97 Å². The van der Waals surface area contributed by atoms with Crippen molar-refractivity contribution in [1.82, 2.24) is 0 Å². The second-order valence-corrected chi connectivity index (χ2v) is 6.08. The number of aliphatic carboxylic acids is 1. The van der Waals surface area contributed by atoms with Gasteiger partial charge in [-0.1, -0.05) is 12.1 Å². The maximum atomic E-state index is 11.7. The van der Waals surface area contributed by atoms with Crippen molar-refractivity contribution in [3.8, 4) is 0 Å². The molecule has 1 saturated carbocycles. The van der Waals surface area contributed by atoms with Gasteiger partial charge in [-0.15, -0.1) is 11.8 Å². The molecule has 0 spiro atoms. The number of carboxylic acids is 1. The van der Waals surface area contributed by atoms with Crippen molar-refractivity contribution >= 4 is 29.3 Å². The summed E-state index contributed by atoms with van der Waals surface area (Å²) in [5.74, 6) is 0.343. The number of ether oxygens (including phenoxy) is 1. The molecule has 1 fully saturated rings.